The molecule has 4 rings (SSSR count). The van der Waals surface area contributed by atoms with Gasteiger partial charge in [0.25, 0.3) is 0 Å². The molecule has 0 saturated carbocycles. The van der Waals surface area contributed by atoms with Crippen molar-refractivity contribution in [3.8, 4) is 0 Å². The highest BCUT2D eigenvalue weighted by Gasteiger charge is 2.20. The van der Waals surface area contributed by atoms with Gasteiger partial charge in [0, 0.05) is 0 Å². The normalized spacial score (nSPS) is 11.0. The molecule has 0 spiro atoms. The number of carbonyl (C=O) groups is 1. The molecule has 5 heteroatoms. The maximum atomic E-state index is 12.7. The quantitative estimate of drug-likeness (QED) is 0.531. The van der Waals surface area contributed by atoms with Crippen LogP contribution in [0.25, 0.3) is 21.9 Å². The van der Waals surface area contributed by atoms with Crippen molar-refractivity contribution in [2.24, 2.45) is 0 Å². The van der Waals surface area contributed by atoms with E-state index in [-0.39, 0.29) is 21.9 Å². The number of benzene rings is 2. The summed E-state index contributed by atoms with van der Waals surface area (Å²) in [5.41, 5.74) is -0.592. The molecule has 2 heterocycles. The molecule has 5 nitrogen and oxygen atoms in total. The highest BCUT2D eigenvalue weighted by atomic mass is 16.3. The zero-order valence-corrected chi connectivity index (χ0v) is 12.3. The van der Waals surface area contributed by atoms with Crippen LogP contribution in [0, 0.1) is 0 Å². The lowest BCUT2D eigenvalue weighted by Gasteiger charge is -2.03. The highest BCUT2D eigenvalue weighted by Crippen LogP contribution is 2.15. The monoisotopic (exact) mass is 318 g/mol. The van der Waals surface area contributed by atoms with Crippen molar-refractivity contribution in [2.45, 2.75) is 0 Å². The molecule has 0 bridgehead atoms. The summed E-state index contributed by atoms with van der Waals surface area (Å²) >= 11 is 0. The Morgan fingerprint density at radius 2 is 1.08 bits per heavy atom. The largest absolute Gasteiger partial charge is 0.463 e. The third-order valence-electron chi connectivity index (χ3n) is 3.85. The maximum Gasteiger partial charge on any atom is 0.207 e. The molecular formula is C19H10O5. The molecular weight excluding hydrogens is 308 g/mol. The summed E-state index contributed by atoms with van der Waals surface area (Å²) < 4.78 is 10.7. The summed E-state index contributed by atoms with van der Waals surface area (Å²) in [6.45, 7) is 0. The summed E-state index contributed by atoms with van der Waals surface area (Å²) in [7, 11) is 0. The molecule has 0 aliphatic carbocycles. The molecule has 0 fully saturated rings. The van der Waals surface area contributed by atoms with Crippen LogP contribution in [-0.2, 0) is 0 Å². The zero-order valence-electron chi connectivity index (χ0n) is 12.3. The second kappa shape index (κ2) is 5.31. The van der Waals surface area contributed by atoms with E-state index in [1.54, 1.807) is 48.5 Å². The summed E-state index contributed by atoms with van der Waals surface area (Å²) in [4.78, 5) is 37.7. The second-order valence-electron chi connectivity index (χ2n) is 5.28. The Morgan fingerprint density at radius 3 is 1.54 bits per heavy atom. The number of para-hydroxylation sites is 2. The van der Waals surface area contributed by atoms with Crippen LogP contribution in [0.2, 0.25) is 0 Å². The lowest BCUT2D eigenvalue weighted by molar-refractivity contribution is 0.103. The molecule has 0 N–H and O–H groups in total. The number of rotatable bonds is 2. The second-order valence-corrected chi connectivity index (χ2v) is 5.28. The molecule has 0 aliphatic heterocycles. The topological polar surface area (TPSA) is 77.5 Å². The van der Waals surface area contributed by atoms with Crippen LogP contribution in [0.15, 0.2) is 79.5 Å². The molecule has 24 heavy (non-hydrogen) atoms. The van der Waals surface area contributed by atoms with E-state index in [2.05, 4.69) is 0 Å². The van der Waals surface area contributed by atoms with Crippen LogP contribution in [0.3, 0.4) is 0 Å². The minimum atomic E-state index is -0.714. The molecule has 0 saturated heterocycles. The van der Waals surface area contributed by atoms with Crippen molar-refractivity contribution in [1.82, 2.24) is 0 Å². The molecule has 116 valence electrons. The Kier molecular flexibility index (Phi) is 3.13. The number of fused-ring (bicyclic) bond motifs is 2. The number of ketones is 1. The molecule has 0 radical (unpaired) electrons. The zero-order chi connectivity index (χ0) is 16.7. The third kappa shape index (κ3) is 2.06. The van der Waals surface area contributed by atoms with Crippen molar-refractivity contribution < 1.29 is 13.6 Å². The minimum absolute atomic E-state index is 0.198. The van der Waals surface area contributed by atoms with Gasteiger partial charge in [-0.1, -0.05) is 24.3 Å². The SMILES string of the molecule is O=C(c1coc2ccccc2c1=O)c1coc2ccccc2c1=O. The Labute approximate surface area is 134 Å². The van der Waals surface area contributed by atoms with Gasteiger partial charge in [0.2, 0.25) is 16.6 Å². The van der Waals surface area contributed by atoms with E-state index in [0.29, 0.717) is 11.2 Å². The fourth-order valence-electron chi connectivity index (χ4n) is 2.61. The van der Waals surface area contributed by atoms with Crippen LogP contribution in [-0.4, -0.2) is 5.78 Å². The molecule has 4 aromatic rings. The average molecular weight is 318 g/mol. The van der Waals surface area contributed by atoms with Crippen molar-refractivity contribution in [3.63, 3.8) is 0 Å². The number of hydrogen-bond donors (Lipinski definition) is 0. The predicted octanol–water partition coefficient (Wildman–Crippen LogP) is 3.13. The summed E-state index contributed by atoms with van der Waals surface area (Å²) in [6, 6.07) is 13.2. The third-order valence-corrected chi connectivity index (χ3v) is 3.85. The summed E-state index contributed by atoms with van der Waals surface area (Å²) in [5, 5.41) is 0.571. The Balaban J connectivity index is 1.94. The van der Waals surface area contributed by atoms with E-state index >= 15 is 0 Å². The van der Waals surface area contributed by atoms with E-state index in [4.69, 9.17) is 8.83 Å². The van der Waals surface area contributed by atoms with Gasteiger partial charge in [0.15, 0.2) is 0 Å². The van der Waals surface area contributed by atoms with Crippen molar-refractivity contribution in [1.29, 1.82) is 0 Å². The van der Waals surface area contributed by atoms with Crippen LogP contribution < -0.4 is 10.9 Å². The Bertz CT molecular complexity index is 1120. The standard InChI is InChI=1S/C19H10O5/c20-17-11-5-1-3-7-15(11)23-9-13(17)19(22)14-10-24-16-8-4-2-6-12(16)18(14)21/h1-10H. The predicted molar refractivity (Wildman–Crippen MR) is 88.4 cm³/mol. The number of hydrogen-bond acceptors (Lipinski definition) is 5. The highest BCUT2D eigenvalue weighted by molar-refractivity contribution is 6.10. The maximum absolute atomic E-state index is 12.7. The van der Waals surface area contributed by atoms with E-state index in [0.717, 1.165) is 12.5 Å². The first-order valence-electron chi connectivity index (χ1n) is 7.22. The molecule has 0 unspecified atom stereocenters. The average Bonchev–Trinajstić information content (AvgIpc) is 2.62. The van der Waals surface area contributed by atoms with Crippen LogP contribution in [0.1, 0.15) is 15.9 Å². The van der Waals surface area contributed by atoms with Crippen molar-refractivity contribution >= 4 is 27.7 Å². The van der Waals surface area contributed by atoms with Gasteiger partial charge < -0.3 is 8.83 Å². The Hall–Kier alpha value is -3.47. The fourth-order valence-corrected chi connectivity index (χ4v) is 2.61. The summed E-state index contributed by atoms with van der Waals surface area (Å²) in [5.74, 6) is -0.714. The summed E-state index contributed by atoms with van der Waals surface area (Å²) in [6.07, 6.45) is 2.17. The van der Waals surface area contributed by atoms with Crippen molar-refractivity contribution in [3.05, 3.63) is 92.6 Å². The van der Waals surface area contributed by atoms with Gasteiger partial charge in [-0.25, -0.2) is 0 Å². The smallest absolute Gasteiger partial charge is 0.207 e. The van der Waals surface area contributed by atoms with E-state index < -0.39 is 16.6 Å². The lowest BCUT2D eigenvalue weighted by atomic mass is 10.0. The molecule has 0 aliphatic rings. The van der Waals surface area contributed by atoms with E-state index in [1.807, 2.05) is 0 Å². The van der Waals surface area contributed by atoms with Gasteiger partial charge in [0.05, 0.1) is 10.8 Å². The van der Waals surface area contributed by atoms with Gasteiger partial charge in [-0.15, -0.1) is 0 Å². The van der Waals surface area contributed by atoms with Crippen molar-refractivity contribution in [2.75, 3.05) is 0 Å². The molecule has 0 amide bonds. The van der Waals surface area contributed by atoms with E-state index in [1.165, 1.54) is 0 Å². The van der Waals surface area contributed by atoms with E-state index in [9.17, 15) is 14.4 Å². The van der Waals surface area contributed by atoms with Gasteiger partial charge in [0.1, 0.15) is 34.8 Å². The number of carbonyl (C=O) groups excluding carboxylic acids is 1. The van der Waals surface area contributed by atoms with Gasteiger partial charge in [-0.05, 0) is 24.3 Å². The minimum Gasteiger partial charge on any atom is -0.463 e. The van der Waals surface area contributed by atoms with Gasteiger partial charge in [-0.3, -0.25) is 14.4 Å². The molecule has 2 aromatic carbocycles. The van der Waals surface area contributed by atoms with Crippen LogP contribution in [0.5, 0.6) is 0 Å². The Morgan fingerprint density at radius 1 is 0.667 bits per heavy atom. The lowest BCUT2D eigenvalue weighted by Crippen LogP contribution is -2.21. The first kappa shape index (κ1) is 14.1. The van der Waals surface area contributed by atoms with Crippen LogP contribution in [0.4, 0.5) is 0 Å². The first-order valence-corrected chi connectivity index (χ1v) is 7.22. The van der Waals surface area contributed by atoms with Gasteiger partial charge in [-0.2, -0.15) is 0 Å². The van der Waals surface area contributed by atoms with Crippen LogP contribution >= 0.6 is 0 Å². The van der Waals surface area contributed by atoms with Gasteiger partial charge >= 0.3 is 0 Å². The molecule has 0 atom stereocenters. The fraction of sp³-hybridized carbons (Fsp3) is 0. The molecule has 2 aromatic heterocycles. The first-order chi connectivity index (χ1) is 11.7.